The number of sulfone groups is 1. The minimum atomic E-state index is -2.97. The summed E-state index contributed by atoms with van der Waals surface area (Å²) in [6, 6.07) is 5.69. The van der Waals surface area contributed by atoms with Gasteiger partial charge in [-0.3, -0.25) is 0 Å². The van der Waals surface area contributed by atoms with Gasteiger partial charge < -0.3 is 15.6 Å². The quantitative estimate of drug-likeness (QED) is 0.768. The molecule has 130 valence electrons. The number of aromatic nitrogens is 1. The van der Waals surface area contributed by atoms with Crippen molar-refractivity contribution in [2.75, 3.05) is 18.1 Å². The second-order valence-corrected chi connectivity index (χ2v) is 8.49. The van der Waals surface area contributed by atoms with E-state index >= 15 is 0 Å². The fourth-order valence-electron chi connectivity index (χ4n) is 3.23. The summed E-state index contributed by atoms with van der Waals surface area (Å²) in [5, 5.41) is 6.74. The van der Waals surface area contributed by atoms with Gasteiger partial charge in [-0.2, -0.15) is 0 Å². The number of aryl methyl sites for hydroxylation is 1. The summed E-state index contributed by atoms with van der Waals surface area (Å²) in [6.45, 7) is 2.64. The molecular weight excluding hydrogens is 326 g/mol. The van der Waals surface area contributed by atoms with Crippen molar-refractivity contribution in [1.29, 1.82) is 0 Å². The van der Waals surface area contributed by atoms with Crippen LogP contribution in [0.5, 0.6) is 0 Å². The van der Waals surface area contributed by atoms with E-state index in [2.05, 4.69) is 40.7 Å². The Morgan fingerprint density at radius 3 is 2.88 bits per heavy atom. The SMILES string of the molecule is CCc1cccc2c(CCNC(=O)NC3CCS(=O)(=O)C3)c[nH]c12. The lowest BCUT2D eigenvalue weighted by molar-refractivity contribution is 0.238. The summed E-state index contributed by atoms with van der Waals surface area (Å²) in [5.74, 6) is 0.204. The average molecular weight is 349 g/mol. The molecule has 0 aliphatic carbocycles. The molecule has 3 N–H and O–H groups in total. The summed E-state index contributed by atoms with van der Waals surface area (Å²) < 4.78 is 22.8. The number of amides is 2. The number of para-hydroxylation sites is 1. The summed E-state index contributed by atoms with van der Waals surface area (Å²) in [7, 11) is -2.97. The van der Waals surface area contributed by atoms with E-state index in [1.807, 2.05) is 6.20 Å². The Hall–Kier alpha value is -2.02. The van der Waals surface area contributed by atoms with Gasteiger partial charge in [0.2, 0.25) is 0 Å². The van der Waals surface area contributed by atoms with Crippen molar-refractivity contribution >= 4 is 26.8 Å². The molecule has 2 amide bonds. The summed E-state index contributed by atoms with van der Waals surface area (Å²) in [4.78, 5) is 15.2. The van der Waals surface area contributed by atoms with Gasteiger partial charge in [-0.1, -0.05) is 25.1 Å². The molecule has 1 atom stereocenters. The maximum absolute atomic E-state index is 11.9. The molecule has 1 aromatic carbocycles. The van der Waals surface area contributed by atoms with Crippen LogP contribution >= 0.6 is 0 Å². The van der Waals surface area contributed by atoms with Crippen molar-refractivity contribution in [3.63, 3.8) is 0 Å². The van der Waals surface area contributed by atoms with Gasteiger partial charge in [-0.25, -0.2) is 13.2 Å². The minimum Gasteiger partial charge on any atom is -0.361 e. The molecule has 0 saturated carbocycles. The second-order valence-electron chi connectivity index (χ2n) is 6.26. The number of urea groups is 1. The van der Waals surface area contributed by atoms with Crippen LogP contribution in [0.15, 0.2) is 24.4 Å². The van der Waals surface area contributed by atoms with Gasteiger partial charge in [0.25, 0.3) is 0 Å². The number of fused-ring (bicyclic) bond motifs is 1. The fourth-order valence-corrected chi connectivity index (χ4v) is 4.91. The van der Waals surface area contributed by atoms with E-state index in [4.69, 9.17) is 0 Å². The number of hydrogen-bond donors (Lipinski definition) is 3. The smallest absolute Gasteiger partial charge is 0.315 e. The van der Waals surface area contributed by atoms with Crippen LogP contribution in [0, 0.1) is 0 Å². The number of carbonyl (C=O) groups excluding carboxylic acids is 1. The largest absolute Gasteiger partial charge is 0.361 e. The van der Waals surface area contributed by atoms with Crippen molar-refractivity contribution in [2.24, 2.45) is 0 Å². The van der Waals surface area contributed by atoms with Crippen molar-refractivity contribution < 1.29 is 13.2 Å². The highest BCUT2D eigenvalue weighted by molar-refractivity contribution is 7.91. The van der Waals surface area contributed by atoms with Crippen molar-refractivity contribution in [2.45, 2.75) is 32.2 Å². The third kappa shape index (κ3) is 3.72. The molecule has 1 fully saturated rings. The Balaban J connectivity index is 1.52. The highest BCUT2D eigenvalue weighted by Gasteiger charge is 2.28. The van der Waals surface area contributed by atoms with Gasteiger partial charge in [-0.05, 0) is 30.4 Å². The lowest BCUT2D eigenvalue weighted by atomic mass is 10.1. The van der Waals surface area contributed by atoms with Crippen molar-refractivity contribution in [1.82, 2.24) is 15.6 Å². The van der Waals surface area contributed by atoms with Crippen LogP contribution in [-0.4, -0.2) is 43.5 Å². The third-order valence-electron chi connectivity index (χ3n) is 4.52. The summed E-state index contributed by atoms with van der Waals surface area (Å²) in [5.41, 5.74) is 3.62. The molecule has 1 aliphatic heterocycles. The number of benzene rings is 1. The molecule has 3 rings (SSSR count). The normalized spacial score (nSPS) is 19.5. The van der Waals surface area contributed by atoms with Crippen LogP contribution in [0.4, 0.5) is 4.79 Å². The Morgan fingerprint density at radius 2 is 2.17 bits per heavy atom. The lowest BCUT2D eigenvalue weighted by Crippen LogP contribution is -2.43. The highest BCUT2D eigenvalue weighted by Crippen LogP contribution is 2.22. The third-order valence-corrected chi connectivity index (χ3v) is 6.28. The standard InChI is InChI=1S/C17H23N3O3S/c1-2-12-4-3-5-15-13(10-19-16(12)15)6-8-18-17(21)20-14-7-9-24(22,23)11-14/h3-5,10,14,19H,2,6-9,11H2,1H3,(H2,18,20,21). The van der Waals surface area contributed by atoms with Crippen LogP contribution in [-0.2, 0) is 22.7 Å². The van der Waals surface area contributed by atoms with Crippen molar-refractivity contribution in [3.8, 4) is 0 Å². The first kappa shape index (κ1) is 16.8. The van der Waals surface area contributed by atoms with Gasteiger partial charge in [0.15, 0.2) is 9.84 Å². The molecule has 1 saturated heterocycles. The molecule has 2 heterocycles. The maximum Gasteiger partial charge on any atom is 0.315 e. The number of aromatic amines is 1. The topological polar surface area (TPSA) is 91.1 Å². The Kier molecular flexibility index (Phi) is 4.80. The zero-order valence-electron chi connectivity index (χ0n) is 13.8. The van der Waals surface area contributed by atoms with E-state index in [1.54, 1.807) is 0 Å². The monoisotopic (exact) mass is 349 g/mol. The van der Waals surface area contributed by atoms with Crippen LogP contribution in [0.2, 0.25) is 0 Å². The second kappa shape index (κ2) is 6.84. The van der Waals surface area contributed by atoms with E-state index in [9.17, 15) is 13.2 Å². The van der Waals surface area contributed by atoms with E-state index < -0.39 is 9.84 Å². The van der Waals surface area contributed by atoms with Gasteiger partial charge in [0.05, 0.1) is 11.5 Å². The number of carbonyl (C=O) groups is 1. The Morgan fingerprint density at radius 1 is 1.33 bits per heavy atom. The molecule has 1 unspecified atom stereocenters. The highest BCUT2D eigenvalue weighted by atomic mass is 32.2. The van der Waals surface area contributed by atoms with Crippen molar-refractivity contribution in [3.05, 3.63) is 35.5 Å². The summed E-state index contributed by atoms with van der Waals surface area (Å²) >= 11 is 0. The number of nitrogens with one attached hydrogen (secondary N) is 3. The van der Waals surface area contributed by atoms with Crippen LogP contribution < -0.4 is 10.6 Å². The summed E-state index contributed by atoms with van der Waals surface area (Å²) in [6.07, 6.45) is 4.19. The molecule has 6 nitrogen and oxygen atoms in total. The lowest BCUT2D eigenvalue weighted by Gasteiger charge is -2.11. The number of H-pyrrole nitrogens is 1. The first-order valence-corrected chi connectivity index (χ1v) is 10.1. The van der Waals surface area contributed by atoms with Gasteiger partial charge in [-0.15, -0.1) is 0 Å². The molecule has 1 aromatic heterocycles. The van der Waals surface area contributed by atoms with Crippen LogP contribution in [0.1, 0.15) is 24.5 Å². The van der Waals surface area contributed by atoms with Crippen LogP contribution in [0.3, 0.4) is 0 Å². The van der Waals surface area contributed by atoms with E-state index in [1.165, 1.54) is 16.5 Å². The predicted octanol–water partition coefficient (Wildman–Crippen LogP) is 1.76. The fraction of sp³-hybridized carbons (Fsp3) is 0.471. The number of rotatable bonds is 5. The molecule has 0 radical (unpaired) electrons. The number of hydrogen-bond acceptors (Lipinski definition) is 3. The molecule has 0 bridgehead atoms. The molecule has 2 aromatic rings. The first-order chi connectivity index (χ1) is 11.5. The van der Waals surface area contributed by atoms with Gasteiger partial charge in [0.1, 0.15) is 0 Å². The molecule has 7 heteroatoms. The van der Waals surface area contributed by atoms with E-state index in [0.29, 0.717) is 13.0 Å². The Labute approximate surface area is 141 Å². The maximum atomic E-state index is 11.9. The Bertz CT molecular complexity index is 842. The molecule has 0 spiro atoms. The van der Waals surface area contributed by atoms with Crippen LogP contribution in [0.25, 0.3) is 10.9 Å². The van der Waals surface area contributed by atoms with Gasteiger partial charge in [0, 0.05) is 29.7 Å². The van der Waals surface area contributed by atoms with E-state index in [0.717, 1.165) is 18.4 Å². The molecule has 1 aliphatic rings. The predicted molar refractivity (Wildman–Crippen MR) is 95.0 cm³/mol. The van der Waals surface area contributed by atoms with E-state index in [-0.39, 0.29) is 23.6 Å². The van der Waals surface area contributed by atoms with Gasteiger partial charge >= 0.3 is 6.03 Å². The zero-order valence-corrected chi connectivity index (χ0v) is 14.6. The zero-order chi connectivity index (χ0) is 17.2. The molecular formula is C17H23N3O3S. The first-order valence-electron chi connectivity index (χ1n) is 8.31. The minimum absolute atomic E-state index is 0.0443. The average Bonchev–Trinajstić information content (AvgIpc) is 3.10. The molecule has 24 heavy (non-hydrogen) atoms.